The van der Waals surface area contributed by atoms with E-state index in [-0.39, 0.29) is 36.3 Å². The number of aliphatic imine (C=N–C) groups is 1. The molecule has 8 heteroatoms. The van der Waals surface area contributed by atoms with Gasteiger partial charge in [0.2, 0.25) is 0 Å². The second kappa shape index (κ2) is 11.3. The molecule has 0 saturated heterocycles. The fraction of sp³-hybridized carbons (Fsp3) is 0.227. The highest BCUT2D eigenvalue weighted by atomic mass is 127. The van der Waals surface area contributed by atoms with Crippen LogP contribution in [0.15, 0.2) is 59.7 Å². The van der Waals surface area contributed by atoms with Crippen LogP contribution in [-0.4, -0.2) is 34.4 Å². The molecule has 30 heavy (non-hydrogen) atoms. The van der Waals surface area contributed by atoms with Crippen molar-refractivity contribution in [3.63, 3.8) is 0 Å². The standard InChI is InChI=1S/C22H23FN6.HI/c1-3-25-22(27-13-18-11-16(12-24)9-10-19(18)23)29(2)15-21-26-14-20(28-21)17-7-5-4-6-8-17;/h4-11,14H,3,13,15H2,1-2H3,(H,25,27)(H,26,28);1H. The molecule has 0 aliphatic rings. The molecule has 2 aromatic carbocycles. The number of hydrogen-bond acceptors (Lipinski definition) is 3. The summed E-state index contributed by atoms with van der Waals surface area (Å²) in [5, 5.41) is 12.2. The number of nitrogens with one attached hydrogen (secondary N) is 2. The molecular weight excluding hydrogens is 494 g/mol. The molecule has 0 unspecified atom stereocenters. The molecule has 0 bridgehead atoms. The van der Waals surface area contributed by atoms with Gasteiger partial charge >= 0.3 is 0 Å². The number of halogens is 2. The second-order valence-electron chi connectivity index (χ2n) is 6.55. The summed E-state index contributed by atoms with van der Waals surface area (Å²) >= 11 is 0. The molecule has 0 saturated carbocycles. The molecule has 0 atom stereocenters. The van der Waals surface area contributed by atoms with Crippen molar-refractivity contribution < 1.29 is 4.39 Å². The summed E-state index contributed by atoms with van der Waals surface area (Å²) in [7, 11) is 1.90. The normalized spacial score (nSPS) is 10.8. The maximum Gasteiger partial charge on any atom is 0.194 e. The van der Waals surface area contributed by atoms with Crippen LogP contribution in [0.5, 0.6) is 0 Å². The van der Waals surface area contributed by atoms with Gasteiger partial charge in [0.15, 0.2) is 5.96 Å². The van der Waals surface area contributed by atoms with E-state index in [4.69, 9.17) is 5.26 Å². The van der Waals surface area contributed by atoms with E-state index in [2.05, 4.69) is 20.3 Å². The molecule has 1 heterocycles. The van der Waals surface area contributed by atoms with Crippen LogP contribution in [0.1, 0.15) is 23.9 Å². The highest BCUT2D eigenvalue weighted by Gasteiger charge is 2.11. The van der Waals surface area contributed by atoms with Gasteiger partial charge in [0.05, 0.1) is 36.6 Å². The van der Waals surface area contributed by atoms with Crippen molar-refractivity contribution in [2.24, 2.45) is 4.99 Å². The zero-order valence-corrected chi connectivity index (χ0v) is 19.2. The van der Waals surface area contributed by atoms with Gasteiger partial charge < -0.3 is 15.2 Å². The second-order valence-corrected chi connectivity index (χ2v) is 6.55. The Kier molecular flexibility index (Phi) is 8.80. The Morgan fingerprint density at radius 3 is 2.73 bits per heavy atom. The number of hydrogen-bond donors (Lipinski definition) is 2. The number of rotatable bonds is 6. The Morgan fingerprint density at radius 1 is 1.27 bits per heavy atom. The number of aromatic amines is 1. The third kappa shape index (κ3) is 6.03. The zero-order valence-electron chi connectivity index (χ0n) is 16.9. The summed E-state index contributed by atoms with van der Waals surface area (Å²) in [6.07, 6.45) is 1.81. The van der Waals surface area contributed by atoms with Crippen molar-refractivity contribution >= 4 is 29.9 Å². The van der Waals surface area contributed by atoms with Crippen molar-refractivity contribution in [2.45, 2.75) is 20.0 Å². The molecule has 0 amide bonds. The van der Waals surface area contributed by atoms with E-state index >= 15 is 0 Å². The van der Waals surface area contributed by atoms with Crippen LogP contribution in [0.4, 0.5) is 4.39 Å². The number of guanidine groups is 1. The maximum absolute atomic E-state index is 14.0. The number of H-pyrrole nitrogens is 1. The van der Waals surface area contributed by atoms with Gasteiger partial charge in [-0.05, 0) is 30.7 Å². The van der Waals surface area contributed by atoms with Gasteiger partial charge in [-0.25, -0.2) is 14.4 Å². The topological polar surface area (TPSA) is 80.1 Å². The summed E-state index contributed by atoms with van der Waals surface area (Å²) in [6, 6.07) is 16.3. The Balaban J connectivity index is 0.00000320. The molecule has 0 radical (unpaired) electrons. The SMILES string of the molecule is CCNC(=NCc1cc(C#N)ccc1F)N(C)Cc1ncc(-c2ccccc2)[nH]1.I. The van der Waals surface area contributed by atoms with Crippen LogP contribution in [0.2, 0.25) is 0 Å². The number of benzene rings is 2. The molecular formula is C22H24FIN6. The fourth-order valence-electron chi connectivity index (χ4n) is 2.90. The summed E-state index contributed by atoms with van der Waals surface area (Å²) < 4.78 is 14.0. The summed E-state index contributed by atoms with van der Waals surface area (Å²) in [5.74, 6) is 1.06. The maximum atomic E-state index is 14.0. The van der Waals surface area contributed by atoms with Crippen LogP contribution in [0.3, 0.4) is 0 Å². The minimum absolute atomic E-state index is 0. The predicted octanol–water partition coefficient (Wildman–Crippen LogP) is 4.30. The first kappa shape index (κ1) is 23.3. The molecule has 156 valence electrons. The van der Waals surface area contributed by atoms with E-state index in [1.807, 2.05) is 61.5 Å². The van der Waals surface area contributed by atoms with Crippen LogP contribution in [-0.2, 0) is 13.1 Å². The van der Waals surface area contributed by atoms with E-state index in [9.17, 15) is 4.39 Å². The molecule has 3 aromatic rings. The first-order valence-corrected chi connectivity index (χ1v) is 9.38. The number of aromatic nitrogens is 2. The average molecular weight is 518 g/mol. The van der Waals surface area contributed by atoms with E-state index in [1.165, 1.54) is 18.2 Å². The predicted molar refractivity (Wildman–Crippen MR) is 127 cm³/mol. The minimum atomic E-state index is -0.371. The van der Waals surface area contributed by atoms with E-state index < -0.39 is 0 Å². The van der Waals surface area contributed by atoms with E-state index in [0.717, 1.165) is 17.1 Å². The largest absolute Gasteiger partial charge is 0.357 e. The summed E-state index contributed by atoms with van der Waals surface area (Å²) in [6.45, 7) is 3.30. The summed E-state index contributed by atoms with van der Waals surface area (Å²) in [4.78, 5) is 14.2. The third-order valence-corrected chi connectivity index (χ3v) is 4.37. The summed E-state index contributed by atoms with van der Waals surface area (Å²) in [5.41, 5.74) is 2.82. The van der Waals surface area contributed by atoms with Crippen LogP contribution in [0.25, 0.3) is 11.3 Å². The van der Waals surface area contributed by atoms with E-state index in [1.54, 1.807) is 0 Å². The molecule has 2 N–H and O–H groups in total. The van der Waals surface area contributed by atoms with Crippen LogP contribution < -0.4 is 5.32 Å². The molecule has 0 fully saturated rings. The lowest BCUT2D eigenvalue weighted by molar-refractivity contribution is 0.463. The van der Waals surface area contributed by atoms with Crippen LogP contribution in [0, 0.1) is 17.1 Å². The zero-order chi connectivity index (χ0) is 20.6. The minimum Gasteiger partial charge on any atom is -0.357 e. The molecule has 3 rings (SSSR count). The van der Waals surface area contributed by atoms with Gasteiger partial charge in [-0.15, -0.1) is 24.0 Å². The van der Waals surface area contributed by atoms with Crippen molar-refractivity contribution in [3.05, 3.63) is 77.5 Å². The first-order chi connectivity index (χ1) is 14.1. The lowest BCUT2D eigenvalue weighted by atomic mass is 10.1. The molecule has 0 aliphatic carbocycles. The smallest absolute Gasteiger partial charge is 0.194 e. The van der Waals surface area contributed by atoms with Crippen molar-refractivity contribution in [1.29, 1.82) is 5.26 Å². The van der Waals surface area contributed by atoms with Gasteiger partial charge in [0.1, 0.15) is 11.6 Å². The highest BCUT2D eigenvalue weighted by molar-refractivity contribution is 14.0. The Labute approximate surface area is 192 Å². The Hall–Kier alpha value is -2.93. The van der Waals surface area contributed by atoms with Crippen molar-refractivity contribution in [2.75, 3.05) is 13.6 Å². The van der Waals surface area contributed by atoms with Gasteiger partial charge in [-0.2, -0.15) is 5.26 Å². The van der Waals surface area contributed by atoms with Crippen molar-refractivity contribution in [3.8, 4) is 17.3 Å². The molecule has 0 aliphatic heterocycles. The monoisotopic (exact) mass is 518 g/mol. The lowest BCUT2D eigenvalue weighted by Crippen LogP contribution is -2.38. The van der Waals surface area contributed by atoms with Gasteiger partial charge in [0.25, 0.3) is 0 Å². The molecule has 6 nitrogen and oxygen atoms in total. The lowest BCUT2D eigenvalue weighted by Gasteiger charge is -2.21. The average Bonchev–Trinajstić information content (AvgIpc) is 3.21. The van der Waals surface area contributed by atoms with Gasteiger partial charge in [0, 0.05) is 19.2 Å². The Bertz CT molecular complexity index is 1030. The van der Waals surface area contributed by atoms with Crippen molar-refractivity contribution in [1.82, 2.24) is 20.2 Å². The fourth-order valence-corrected chi connectivity index (χ4v) is 2.90. The van der Waals surface area contributed by atoms with E-state index in [0.29, 0.717) is 30.2 Å². The molecule has 0 spiro atoms. The number of imidazole rings is 1. The first-order valence-electron chi connectivity index (χ1n) is 9.38. The number of nitrogens with zero attached hydrogens (tertiary/aromatic N) is 4. The number of nitriles is 1. The molecule has 1 aromatic heterocycles. The highest BCUT2D eigenvalue weighted by Crippen LogP contribution is 2.17. The van der Waals surface area contributed by atoms with Crippen LogP contribution >= 0.6 is 24.0 Å². The van der Waals surface area contributed by atoms with Gasteiger partial charge in [-0.3, -0.25) is 0 Å². The van der Waals surface area contributed by atoms with Gasteiger partial charge in [-0.1, -0.05) is 30.3 Å². The third-order valence-electron chi connectivity index (χ3n) is 4.37. The quantitative estimate of drug-likeness (QED) is 0.290. The Morgan fingerprint density at radius 2 is 2.03 bits per heavy atom.